The Hall–Kier alpha value is -3.49. The standard InChI is InChI=1S/C25H31N3O10S/c1-13-6-8-16(9-7-13)39(33,34)28-11-18-20(23(30)36-5)17(22(29)35-4)10-19(25(18,32)12-28)37-24(31)26-21-14(2)27-38-15(21)3/h6-9,17-20,32H,10-12H2,1-5H3,(H,26,31)/t17-,18?,19-,20-,25+/m0/s1. The van der Waals surface area contributed by atoms with Crippen molar-refractivity contribution in [1.82, 2.24) is 9.46 Å². The van der Waals surface area contributed by atoms with Crippen LogP contribution in [0.4, 0.5) is 10.5 Å². The maximum atomic E-state index is 13.5. The first-order chi connectivity index (χ1) is 18.3. The van der Waals surface area contributed by atoms with Gasteiger partial charge in [-0.1, -0.05) is 22.9 Å². The van der Waals surface area contributed by atoms with E-state index in [1.54, 1.807) is 26.0 Å². The Morgan fingerprint density at radius 1 is 1.10 bits per heavy atom. The average molecular weight is 566 g/mol. The van der Waals surface area contributed by atoms with E-state index in [0.717, 1.165) is 24.1 Å². The summed E-state index contributed by atoms with van der Waals surface area (Å²) in [6.07, 6.45) is -2.68. The minimum atomic E-state index is -4.13. The molecule has 5 atom stereocenters. The average Bonchev–Trinajstić information content (AvgIpc) is 3.43. The summed E-state index contributed by atoms with van der Waals surface area (Å²) in [6.45, 7) is 4.19. The second-order valence-corrected chi connectivity index (χ2v) is 11.8. The smallest absolute Gasteiger partial charge is 0.412 e. The van der Waals surface area contributed by atoms with Gasteiger partial charge in [-0.05, 0) is 32.9 Å². The second-order valence-electron chi connectivity index (χ2n) is 9.84. The zero-order valence-electron chi connectivity index (χ0n) is 22.2. The molecule has 1 aromatic heterocycles. The Bertz CT molecular complexity index is 1350. The molecule has 0 radical (unpaired) electrons. The van der Waals surface area contributed by atoms with Gasteiger partial charge in [0.2, 0.25) is 10.0 Å². The van der Waals surface area contributed by atoms with Crippen molar-refractivity contribution in [3.63, 3.8) is 0 Å². The highest BCUT2D eigenvalue weighted by molar-refractivity contribution is 7.89. The molecule has 1 amide bonds. The van der Waals surface area contributed by atoms with Gasteiger partial charge in [-0.3, -0.25) is 14.9 Å². The van der Waals surface area contributed by atoms with Crippen molar-refractivity contribution in [3.05, 3.63) is 41.3 Å². The van der Waals surface area contributed by atoms with Crippen LogP contribution in [0.2, 0.25) is 0 Å². The number of aliphatic hydroxyl groups is 1. The number of sulfonamides is 1. The summed E-state index contributed by atoms with van der Waals surface area (Å²) in [5, 5.41) is 18.2. The summed E-state index contributed by atoms with van der Waals surface area (Å²) in [6, 6.07) is 6.16. The molecule has 2 aromatic rings. The predicted molar refractivity (Wildman–Crippen MR) is 134 cm³/mol. The number of benzene rings is 1. The molecule has 13 nitrogen and oxygen atoms in total. The van der Waals surface area contributed by atoms with Crippen LogP contribution < -0.4 is 5.32 Å². The maximum Gasteiger partial charge on any atom is 0.412 e. The van der Waals surface area contributed by atoms with Gasteiger partial charge in [0.1, 0.15) is 23.1 Å². The van der Waals surface area contributed by atoms with Gasteiger partial charge in [-0.25, -0.2) is 13.2 Å². The number of nitrogens with zero attached hydrogens (tertiary/aromatic N) is 2. The van der Waals surface area contributed by atoms with Crippen LogP contribution in [0, 0.1) is 38.5 Å². The molecule has 1 aliphatic heterocycles. The van der Waals surface area contributed by atoms with E-state index < -0.39 is 64.1 Å². The van der Waals surface area contributed by atoms with Crippen molar-refractivity contribution in [2.75, 3.05) is 32.6 Å². The normalized spacial score (nSPS) is 26.9. The third-order valence-corrected chi connectivity index (χ3v) is 9.34. The number of carbonyl (C=O) groups excluding carboxylic acids is 3. The molecule has 1 aromatic carbocycles. The number of anilines is 1. The van der Waals surface area contributed by atoms with Gasteiger partial charge in [0.05, 0.1) is 31.0 Å². The van der Waals surface area contributed by atoms with Crippen LogP contribution in [0.1, 0.15) is 23.4 Å². The monoisotopic (exact) mass is 565 g/mol. The summed E-state index contributed by atoms with van der Waals surface area (Å²) < 4.78 is 48.6. The molecular formula is C25H31N3O10S. The molecule has 1 saturated carbocycles. The fourth-order valence-electron chi connectivity index (χ4n) is 5.44. The Morgan fingerprint density at radius 3 is 2.31 bits per heavy atom. The van der Waals surface area contributed by atoms with Gasteiger partial charge >= 0.3 is 18.0 Å². The SMILES string of the molecule is COC(=O)[C@H]1C[C@H](OC(=O)Nc2c(C)noc2C)[C@@]2(O)CN(S(=O)(=O)c3ccc(C)cc3)CC2[C@H]1C(=O)OC. The van der Waals surface area contributed by atoms with Gasteiger partial charge in [0.15, 0.2) is 5.76 Å². The van der Waals surface area contributed by atoms with Crippen molar-refractivity contribution < 1.29 is 46.6 Å². The highest BCUT2D eigenvalue weighted by Crippen LogP contribution is 2.49. The minimum absolute atomic E-state index is 0.0110. The van der Waals surface area contributed by atoms with Crippen LogP contribution in [-0.4, -0.2) is 80.0 Å². The topological polar surface area (TPSA) is 175 Å². The molecule has 2 fully saturated rings. The number of aromatic nitrogens is 1. The van der Waals surface area contributed by atoms with Crippen molar-refractivity contribution in [2.24, 2.45) is 17.8 Å². The van der Waals surface area contributed by atoms with E-state index in [4.69, 9.17) is 18.7 Å². The Kier molecular flexibility index (Phi) is 7.74. The van der Waals surface area contributed by atoms with Crippen LogP contribution in [0.3, 0.4) is 0 Å². The number of nitrogens with one attached hydrogen (secondary N) is 1. The van der Waals surface area contributed by atoms with E-state index >= 15 is 0 Å². The number of hydrogen-bond donors (Lipinski definition) is 2. The highest BCUT2D eigenvalue weighted by atomic mass is 32.2. The number of carbonyl (C=O) groups is 3. The number of esters is 2. The van der Waals surface area contributed by atoms with Crippen LogP contribution in [0.25, 0.3) is 0 Å². The fraction of sp³-hybridized carbons (Fsp3) is 0.520. The molecule has 212 valence electrons. The maximum absolute atomic E-state index is 13.5. The summed E-state index contributed by atoms with van der Waals surface area (Å²) in [5.41, 5.74) is -0.519. The molecule has 14 heteroatoms. The third-order valence-electron chi connectivity index (χ3n) is 7.51. The molecule has 39 heavy (non-hydrogen) atoms. The molecule has 1 unspecified atom stereocenters. The molecule has 1 aliphatic carbocycles. The van der Waals surface area contributed by atoms with Crippen LogP contribution in [-0.2, 0) is 33.8 Å². The fourth-order valence-corrected chi connectivity index (χ4v) is 6.95. The number of hydrogen-bond acceptors (Lipinski definition) is 11. The summed E-state index contributed by atoms with van der Waals surface area (Å²) in [7, 11) is -1.86. The molecule has 1 saturated heterocycles. The van der Waals surface area contributed by atoms with E-state index in [1.807, 2.05) is 6.92 Å². The molecule has 4 rings (SSSR count). The second kappa shape index (κ2) is 10.6. The van der Waals surface area contributed by atoms with E-state index in [2.05, 4.69) is 10.5 Å². The van der Waals surface area contributed by atoms with Crippen molar-refractivity contribution in [2.45, 2.75) is 43.8 Å². The minimum Gasteiger partial charge on any atom is -0.469 e. The number of aryl methyl sites for hydroxylation is 3. The van der Waals surface area contributed by atoms with E-state index in [0.29, 0.717) is 11.5 Å². The Labute approximate surface area is 225 Å². The number of fused-ring (bicyclic) bond motifs is 1. The van der Waals surface area contributed by atoms with Gasteiger partial charge in [0, 0.05) is 25.4 Å². The number of amides is 1. The first-order valence-corrected chi connectivity index (χ1v) is 13.6. The molecule has 2 aliphatic rings. The zero-order valence-corrected chi connectivity index (χ0v) is 23.0. The molecule has 0 bridgehead atoms. The Balaban J connectivity index is 1.72. The van der Waals surface area contributed by atoms with E-state index in [-0.39, 0.29) is 23.5 Å². The predicted octanol–water partition coefficient (Wildman–Crippen LogP) is 1.55. The lowest BCUT2D eigenvalue weighted by Crippen LogP contribution is -2.61. The van der Waals surface area contributed by atoms with Gasteiger partial charge < -0.3 is 23.8 Å². The lowest BCUT2D eigenvalue weighted by atomic mass is 9.64. The first-order valence-electron chi connectivity index (χ1n) is 12.2. The zero-order chi connectivity index (χ0) is 28.7. The first kappa shape index (κ1) is 28.5. The van der Waals surface area contributed by atoms with Crippen molar-refractivity contribution in [3.8, 4) is 0 Å². The molecule has 2 N–H and O–H groups in total. The molecular weight excluding hydrogens is 534 g/mol. The lowest BCUT2D eigenvalue weighted by Gasteiger charge is -2.46. The largest absolute Gasteiger partial charge is 0.469 e. The molecule has 0 spiro atoms. The van der Waals surface area contributed by atoms with Gasteiger partial charge in [0.25, 0.3) is 0 Å². The van der Waals surface area contributed by atoms with Gasteiger partial charge in [-0.2, -0.15) is 4.31 Å². The van der Waals surface area contributed by atoms with Crippen LogP contribution in [0.15, 0.2) is 33.7 Å². The van der Waals surface area contributed by atoms with Crippen LogP contribution >= 0.6 is 0 Å². The number of β-amino-alcohol motifs (C(OH)–C–C–N with tert-alkyl or cyclic N) is 1. The molecule has 2 heterocycles. The number of methoxy groups -OCH3 is 2. The highest BCUT2D eigenvalue weighted by Gasteiger charge is 2.65. The number of rotatable bonds is 6. The summed E-state index contributed by atoms with van der Waals surface area (Å²) in [5.74, 6) is -4.86. The quantitative estimate of drug-likeness (QED) is 0.384. The van der Waals surface area contributed by atoms with E-state index in [9.17, 15) is 27.9 Å². The third kappa shape index (κ3) is 5.11. The van der Waals surface area contributed by atoms with Crippen LogP contribution in [0.5, 0.6) is 0 Å². The van der Waals surface area contributed by atoms with Crippen molar-refractivity contribution >= 4 is 33.7 Å². The van der Waals surface area contributed by atoms with Gasteiger partial charge in [-0.15, -0.1) is 0 Å². The number of ether oxygens (including phenoxy) is 3. The lowest BCUT2D eigenvalue weighted by molar-refractivity contribution is -0.185. The summed E-state index contributed by atoms with van der Waals surface area (Å²) >= 11 is 0. The Morgan fingerprint density at radius 2 is 1.74 bits per heavy atom. The van der Waals surface area contributed by atoms with E-state index in [1.165, 1.54) is 12.1 Å². The summed E-state index contributed by atoms with van der Waals surface area (Å²) in [4.78, 5) is 38.6. The van der Waals surface area contributed by atoms with Crippen molar-refractivity contribution in [1.29, 1.82) is 0 Å².